The third-order valence-electron chi connectivity index (χ3n) is 2.91. The van der Waals surface area contributed by atoms with Gasteiger partial charge in [0.05, 0.1) is 11.6 Å². The first-order chi connectivity index (χ1) is 8.17. The Kier molecular flexibility index (Phi) is 6.76. The maximum Gasteiger partial charge on any atom is 0.139 e. The molecule has 0 spiro atoms. The van der Waals surface area contributed by atoms with Gasteiger partial charge in [0, 0.05) is 11.1 Å². The average molecular weight is 275 g/mol. The number of benzene rings is 1. The van der Waals surface area contributed by atoms with Gasteiger partial charge >= 0.3 is 0 Å². The van der Waals surface area contributed by atoms with Crippen LogP contribution in [0, 0.1) is 5.92 Å². The molecule has 0 N–H and O–H groups in total. The van der Waals surface area contributed by atoms with E-state index in [4.69, 9.17) is 27.9 Å². The summed E-state index contributed by atoms with van der Waals surface area (Å²) in [6, 6.07) is 5.31. The Morgan fingerprint density at radius 2 is 2.00 bits per heavy atom. The fourth-order valence-corrected chi connectivity index (χ4v) is 2.03. The van der Waals surface area contributed by atoms with Gasteiger partial charge in [0.1, 0.15) is 5.75 Å². The Labute approximate surface area is 114 Å². The van der Waals surface area contributed by atoms with E-state index < -0.39 is 0 Å². The molecule has 0 aliphatic carbocycles. The zero-order valence-corrected chi connectivity index (χ0v) is 12.0. The van der Waals surface area contributed by atoms with E-state index >= 15 is 0 Å². The molecule has 1 aromatic rings. The van der Waals surface area contributed by atoms with Gasteiger partial charge in [-0.15, -0.1) is 0 Å². The molecule has 1 unspecified atom stereocenters. The largest absolute Gasteiger partial charge is 0.492 e. The lowest BCUT2D eigenvalue weighted by Crippen LogP contribution is -2.11. The van der Waals surface area contributed by atoms with Crippen LogP contribution in [0.25, 0.3) is 0 Å². The van der Waals surface area contributed by atoms with E-state index in [-0.39, 0.29) is 0 Å². The standard InChI is InChI=1S/C14H20Cl2O/c1-3-5-6-11(4-2)10-17-14-9-12(15)7-8-13(14)16/h7-9,11H,3-6,10H2,1-2H3. The third kappa shape index (κ3) is 5.18. The first-order valence-electron chi connectivity index (χ1n) is 6.25. The molecule has 0 saturated heterocycles. The van der Waals surface area contributed by atoms with Crippen molar-refractivity contribution in [2.75, 3.05) is 6.61 Å². The highest BCUT2D eigenvalue weighted by Crippen LogP contribution is 2.28. The normalized spacial score (nSPS) is 12.5. The van der Waals surface area contributed by atoms with Gasteiger partial charge in [-0.1, -0.05) is 56.3 Å². The number of halogens is 2. The number of hydrogen-bond acceptors (Lipinski definition) is 1. The molecular weight excluding hydrogens is 255 g/mol. The van der Waals surface area contributed by atoms with Crippen LogP contribution >= 0.6 is 23.2 Å². The fourth-order valence-electron chi connectivity index (χ4n) is 1.69. The molecule has 1 aromatic carbocycles. The Hall–Kier alpha value is -0.400. The quantitative estimate of drug-likeness (QED) is 0.630. The predicted molar refractivity (Wildman–Crippen MR) is 75.3 cm³/mol. The highest BCUT2D eigenvalue weighted by atomic mass is 35.5. The minimum Gasteiger partial charge on any atom is -0.492 e. The Morgan fingerprint density at radius 3 is 2.65 bits per heavy atom. The van der Waals surface area contributed by atoms with Crippen LogP contribution in [-0.4, -0.2) is 6.61 Å². The molecule has 1 atom stereocenters. The van der Waals surface area contributed by atoms with Crippen LogP contribution < -0.4 is 4.74 Å². The molecule has 17 heavy (non-hydrogen) atoms. The van der Waals surface area contributed by atoms with Gasteiger partial charge in [0.15, 0.2) is 0 Å². The topological polar surface area (TPSA) is 9.23 Å². The summed E-state index contributed by atoms with van der Waals surface area (Å²) in [5.41, 5.74) is 0. The van der Waals surface area contributed by atoms with Crippen molar-refractivity contribution in [3.63, 3.8) is 0 Å². The monoisotopic (exact) mass is 274 g/mol. The van der Waals surface area contributed by atoms with Crippen LogP contribution in [0.4, 0.5) is 0 Å². The minimum absolute atomic E-state index is 0.602. The van der Waals surface area contributed by atoms with Gasteiger partial charge < -0.3 is 4.74 Å². The molecule has 1 nitrogen and oxygen atoms in total. The Morgan fingerprint density at radius 1 is 1.24 bits per heavy atom. The summed E-state index contributed by atoms with van der Waals surface area (Å²) in [6.07, 6.45) is 4.84. The molecule has 0 aliphatic rings. The summed E-state index contributed by atoms with van der Waals surface area (Å²) in [6.45, 7) is 5.13. The van der Waals surface area contributed by atoms with Crippen molar-refractivity contribution in [3.05, 3.63) is 28.2 Å². The number of rotatable bonds is 7. The van der Waals surface area contributed by atoms with Gasteiger partial charge in [-0.05, 0) is 24.5 Å². The van der Waals surface area contributed by atoms with E-state index in [1.807, 2.05) is 0 Å². The van der Waals surface area contributed by atoms with E-state index in [9.17, 15) is 0 Å². The van der Waals surface area contributed by atoms with Crippen LogP contribution in [0.5, 0.6) is 5.75 Å². The summed E-state index contributed by atoms with van der Waals surface area (Å²) in [7, 11) is 0. The summed E-state index contributed by atoms with van der Waals surface area (Å²) >= 11 is 12.0. The molecule has 0 radical (unpaired) electrons. The second-order valence-electron chi connectivity index (χ2n) is 4.30. The molecule has 0 saturated carbocycles. The first kappa shape index (κ1) is 14.7. The number of hydrogen-bond donors (Lipinski definition) is 0. The van der Waals surface area contributed by atoms with Crippen molar-refractivity contribution in [1.82, 2.24) is 0 Å². The first-order valence-corrected chi connectivity index (χ1v) is 7.00. The zero-order chi connectivity index (χ0) is 12.7. The fraction of sp³-hybridized carbons (Fsp3) is 0.571. The summed E-state index contributed by atoms with van der Waals surface area (Å²) < 4.78 is 5.75. The highest BCUT2D eigenvalue weighted by Gasteiger charge is 2.09. The molecule has 0 bridgehead atoms. The van der Waals surface area contributed by atoms with Crippen molar-refractivity contribution in [3.8, 4) is 5.75 Å². The second-order valence-corrected chi connectivity index (χ2v) is 5.15. The summed E-state index contributed by atoms with van der Waals surface area (Å²) in [4.78, 5) is 0. The Balaban J connectivity index is 2.50. The highest BCUT2D eigenvalue weighted by molar-refractivity contribution is 6.34. The van der Waals surface area contributed by atoms with Crippen LogP contribution in [0.1, 0.15) is 39.5 Å². The molecule has 1 rings (SSSR count). The Bertz CT molecular complexity index is 339. The van der Waals surface area contributed by atoms with Gasteiger partial charge in [0.2, 0.25) is 0 Å². The van der Waals surface area contributed by atoms with Crippen molar-refractivity contribution in [2.24, 2.45) is 5.92 Å². The zero-order valence-electron chi connectivity index (χ0n) is 10.5. The molecule has 0 amide bonds. The molecule has 0 fully saturated rings. The van der Waals surface area contributed by atoms with Crippen LogP contribution in [0.2, 0.25) is 10.0 Å². The number of unbranched alkanes of at least 4 members (excludes halogenated alkanes) is 1. The lowest BCUT2D eigenvalue weighted by atomic mass is 10.0. The van der Waals surface area contributed by atoms with Crippen LogP contribution in [0.15, 0.2) is 18.2 Å². The van der Waals surface area contributed by atoms with Gasteiger partial charge in [-0.3, -0.25) is 0 Å². The van der Waals surface area contributed by atoms with Gasteiger partial charge in [-0.2, -0.15) is 0 Å². The van der Waals surface area contributed by atoms with E-state index in [0.717, 1.165) is 13.0 Å². The smallest absolute Gasteiger partial charge is 0.139 e. The van der Waals surface area contributed by atoms with E-state index in [1.165, 1.54) is 19.3 Å². The second kappa shape index (κ2) is 7.84. The molecular formula is C14H20Cl2O. The SMILES string of the molecule is CCCCC(CC)COc1cc(Cl)ccc1Cl. The predicted octanol–water partition coefficient (Wildman–Crippen LogP) is 5.59. The maximum absolute atomic E-state index is 6.04. The molecule has 96 valence electrons. The molecule has 0 heterocycles. The maximum atomic E-state index is 6.04. The number of ether oxygens (including phenoxy) is 1. The van der Waals surface area contributed by atoms with E-state index in [0.29, 0.717) is 21.7 Å². The van der Waals surface area contributed by atoms with E-state index in [1.54, 1.807) is 18.2 Å². The van der Waals surface area contributed by atoms with Crippen LogP contribution in [0.3, 0.4) is 0 Å². The average Bonchev–Trinajstić information content (AvgIpc) is 2.33. The van der Waals surface area contributed by atoms with Gasteiger partial charge in [-0.25, -0.2) is 0 Å². The van der Waals surface area contributed by atoms with Gasteiger partial charge in [0.25, 0.3) is 0 Å². The lowest BCUT2D eigenvalue weighted by molar-refractivity contribution is 0.233. The lowest BCUT2D eigenvalue weighted by Gasteiger charge is -2.16. The van der Waals surface area contributed by atoms with Crippen molar-refractivity contribution < 1.29 is 4.74 Å². The van der Waals surface area contributed by atoms with Crippen molar-refractivity contribution in [2.45, 2.75) is 39.5 Å². The summed E-state index contributed by atoms with van der Waals surface area (Å²) in [5.74, 6) is 1.29. The van der Waals surface area contributed by atoms with Crippen molar-refractivity contribution >= 4 is 23.2 Å². The summed E-state index contributed by atoms with van der Waals surface area (Å²) in [5, 5.41) is 1.28. The van der Waals surface area contributed by atoms with Crippen molar-refractivity contribution in [1.29, 1.82) is 0 Å². The third-order valence-corrected chi connectivity index (χ3v) is 3.46. The van der Waals surface area contributed by atoms with Crippen LogP contribution in [-0.2, 0) is 0 Å². The molecule has 3 heteroatoms. The molecule has 0 aromatic heterocycles. The molecule has 0 aliphatic heterocycles. The minimum atomic E-state index is 0.602. The van der Waals surface area contributed by atoms with E-state index in [2.05, 4.69) is 13.8 Å².